The molecule has 0 saturated heterocycles. The van der Waals surface area contributed by atoms with Crippen LogP contribution < -0.4 is 5.32 Å². The molecule has 0 bridgehead atoms. The molecule has 0 saturated carbocycles. The van der Waals surface area contributed by atoms with Crippen molar-refractivity contribution in [1.82, 2.24) is 10.2 Å². The first kappa shape index (κ1) is 20.6. The van der Waals surface area contributed by atoms with Gasteiger partial charge in [0, 0.05) is 37.7 Å². The highest BCUT2D eigenvalue weighted by Gasteiger charge is 2.15. The van der Waals surface area contributed by atoms with Crippen LogP contribution in [0.25, 0.3) is 0 Å². The number of nitrogens with zero attached hydrogens (tertiary/aromatic N) is 1. The normalized spacial score (nSPS) is 11.1. The molecular formula is C22H27FN2O2. The van der Waals surface area contributed by atoms with Crippen LogP contribution in [0.4, 0.5) is 4.39 Å². The monoisotopic (exact) mass is 370 g/mol. The lowest BCUT2D eigenvalue weighted by Gasteiger charge is -2.22. The van der Waals surface area contributed by atoms with E-state index in [9.17, 15) is 14.0 Å². The minimum atomic E-state index is -0.341. The van der Waals surface area contributed by atoms with Crippen LogP contribution in [0.1, 0.15) is 49.2 Å². The zero-order chi connectivity index (χ0) is 20.0. The number of amides is 2. The summed E-state index contributed by atoms with van der Waals surface area (Å²) in [4.78, 5) is 25.6. The highest BCUT2D eigenvalue weighted by molar-refractivity contribution is 5.94. The van der Waals surface area contributed by atoms with Crippen molar-refractivity contribution in [1.29, 1.82) is 0 Å². The Kier molecular flexibility index (Phi) is 6.72. The lowest BCUT2D eigenvalue weighted by atomic mass is 9.87. The Morgan fingerprint density at radius 1 is 1.04 bits per heavy atom. The molecule has 2 amide bonds. The van der Waals surface area contributed by atoms with Gasteiger partial charge in [-0.2, -0.15) is 0 Å². The zero-order valence-electron chi connectivity index (χ0n) is 16.4. The number of hydrogen-bond donors (Lipinski definition) is 1. The van der Waals surface area contributed by atoms with Gasteiger partial charge in [0.05, 0.1) is 0 Å². The van der Waals surface area contributed by atoms with Crippen LogP contribution in [0, 0.1) is 5.82 Å². The van der Waals surface area contributed by atoms with Crippen molar-refractivity contribution >= 4 is 11.8 Å². The van der Waals surface area contributed by atoms with E-state index in [0.717, 1.165) is 5.56 Å². The molecular weight excluding hydrogens is 343 g/mol. The van der Waals surface area contributed by atoms with Crippen LogP contribution in [0.15, 0.2) is 48.5 Å². The number of benzene rings is 2. The maximum absolute atomic E-state index is 13.8. The van der Waals surface area contributed by atoms with Crippen molar-refractivity contribution < 1.29 is 14.0 Å². The second-order valence-corrected chi connectivity index (χ2v) is 7.62. The fraction of sp³-hybridized carbons (Fsp3) is 0.364. The standard InChI is InChI=1S/C22H27FN2O2/c1-16(26)25(15-18-7-5-6-8-20(18)23)14-13-24-21(27)17-9-11-19(12-10-17)22(2,3)4/h5-12H,13-15H2,1-4H3,(H,24,27). The minimum absolute atomic E-state index is 0.0315. The molecule has 0 heterocycles. The average Bonchev–Trinajstić information content (AvgIpc) is 2.61. The number of nitrogens with one attached hydrogen (secondary N) is 1. The van der Waals surface area contributed by atoms with Crippen molar-refractivity contribution in [2.45, 2.75) is 39.7 Å². The topological polar surface area (TPSA) is 49.4 Å². The highest BCUT2D eigenvalue weighted by atomic mass is 19.1. The molecule has 0 aliphatic carbocycles. The van der Waals surface area contributed by atoms with Crippen LogP contribution in [0.3, 0.4) is 0 Å². The second-order valence-electron chi connectivity index (χ2n) is 7.62. The summed E-state index contributed by atoms with van der Waals surface area (Å²) in [6.45, 7) is 8.59. The Hall–Kier alpha value is -2.69. The SMILES string of the molecule is CC(=O)N(CCNC(=O)c1ccc(C(C)(C)C)cc1)Cc1ccccc1F. The third kappa shape index (κ3) is 5.91. The van der Waals surface area contributed by atoms with E-state index < -0.39 is 0 Å². The molecule has 0 spiro atoms. The molecule has 1 N–H and O–H groups in total. The van der Waals surface area contributed by atoms with E-state index in [4.69, 9.17) is 0 Å². The van der Waals surface area contributed by atoms with E-state index in [0.29, 0.717) is 24.2 Å². The summed E-state index contributed by atoms with van der Waals surface area (Å²) >= 11 is 0. The minimum Gasteiger partial charge on any atom is -0.350 e. The van der Waals surface area contributed by atoms with Crippen molar-refractivity contribution in [2.24, 2.45) is 0 Å². The Balaban J connectivity index is 1.91. The van der Waals surface area contributed by atoms with E-state index in [1.54, 1.807) is 30.3 Å². The lowest BCUT2D eigenvalue weighted by Crippen LogP contribution is -2.37. The molecule has 2 aromatic carbocycles. The number of halogens is 1. The maximum Gasteiger partial charge on any atom is 0.251 e. The Labute approximate surface area is 160 Å². The fourth-order valence-electron chi connectivity index (χ4n) is 2.71. The molecule has 4 nitrogen and oxygen atoms in total. The van der Waals surface area contributed by atoms with Gasteiger partial charge in [0.2, 0.25) is 5.91 Å². The molecule has 0 fully saturated rings. The first-order valence-corrected chi connectivity index (χ1v) is 9.06. The number of hydrogen-bond acceptors (Lipinski definition) is 2. The Morgan fingerprint density at radius 2 is 1.67 bits per heavy atom. The molecule has 0 radical (unpaired) electrons. The van der Waals surface area contributed by atoms with E-state index in [-0.39, 0.29) is 29.6 Å². The van der Waals surface area contributed by atoms with Gasteiger partial charge in [-0.3, -0.25) is 9.59 Å². The summed E-state index contributed by atoms with van der Waals surface area (Å²) in [5.74, 6) is -0.696. The fourth-order valence-corrected chi connectivity index (χ4v) is 2.71. The van der Waals surface area contributed by atoms with Gasteiger partial charge in [-0.05, 0) is 29.2 Å². The summed E-state index contributed by atoms with van der Waals surface area (Å²) in [6.07, 6.45) is 0. The largest absolute Gasteiger partial charge is 0.350 e. The van der Waals surface area contributed by atoms with Crippen LogP contribution in [0.2, 0.25) is 0 Å². The van der Waals surface area contributed by atoms with Gasteiger partial charge in [-0.15, -0.1) is 0 Å². The molecule has 2 aromatic rings. The molecule has 0 aromatic heterocycles. The van der Waals surface area contributed by atoms with E-state index in [1.807, 2.05) is 12.1 Å². The van der Waals surface area contributed by atoms with Crippen LogP contribution in [-0.2, 0) is 16.8 Å². The van der Waals surface area contributed by atoms with Gasteiger partial charge >= 0.3 is 0 Å². The van der Waals surface area contributed by atoms with Gasteiger partial charge < -0.3 is 10.2 Å². The number of carbonyl (C=O) groups excluding carboxylic acids is 2. The first-order valence-electron chi connectivity index (χ1n) is 9.06. The van der Waals surface area contributed by atoms with Crippen molar-refractivity contribution in [3.8, 4) is 0 Å². The van der Waals surface area contributed by atoms with Crippen LogP contribution in [-0.4, -0.2) is 29.8 Å². The van der Waals surface area contributed by atoms with Crippen LogP contribution >= 0.6 is 0 Å². The van der Waals surface area contributed by atoms with E-state index in [1.165, 1.54) is 17.9 Å². The quantitative estimate of drug-likeness (QED) is 0.838. The molecule has 2 rings (SSSR count). The Morgan fingerprint density at radius 3 is 2.22 bits per heavy atom. The van der Waals surface area contributed by atoms with Crippen molar-refractivity contribution in [2.75, 3.05) is 13.1 Å². The van der Waals surface area contributed by atoms with E-state index >= 15 is 0 Å². The van der Waals surface area contributed by atoms with Crippen molar-refractivity contribution in [3.63, 3.8) is 0 Å². The predicted octanol–water partition coefficient (Wildman–Crippen LogP) is 3.90. The maximum atomic E-state index is 13.8. The Bertz CT molecular complexity index is 795. The van der Waals surface area contributed by atoms with Gasteiger partial charge in [0.1, 0.15) is 5.82 Å². The smallest absolute Gasteiger partial charge is 0.251 e. The van der Waals surface area contributed by atoms with Gasteiger partial charge in [-0.1, -0.05) is 51.1 Å². The molecule has 5 heteroatoms. The molecule has 0 aliphatic heterocycles. The summed E-state index contributed by atoms with van der Waals surface area (Å²) in [7, 11) is 0. The van der Waals surface area contributed by atoms with Crippen LogP contribution in [0.5, 0.6) is 0 Å². The van der Waals surface area contributed by atoms with Gasteiger partial charge in [0.25, 0.3) is 5.91 Å². The van der Waals surface area contributed by atoms with Gasteiger partial charge in [-0.25, -0.2) is 4.39 Å². The first-order chi connectivity index (χ1) is 12.7. The predicted molar refractivity (Wildman–Crippen MR) is 105 cm³/mol. The van der Waals surface area contributed by atoms with Gasteiger partial charge in [0.15, 0.2) is 0 Å². The molecule has 144 valence electrons. The summed E-state index contributed by atoms with van der Waals surface area (Å²) in [5, 5.41) is 2.82. The molecule has 0 atom stereocenters. The highest BCUT2D eigenvalue weighted by Crippen LogP contribution is 2.22. The summed E-state index contributed by atoms with van der Waals surface area (Å²) in [5.41, 5.74) is 2.22. The third-order valence-electron chi connectivity index (χ3n) is 4.44. The average molecular weight is 370 g/mol. The van der Waals surface area contributed by atoms with E-state index in [2.05, 4.69) is 26.1 Å². The zero-order valence-corrected chi connectivity index (χ0v) is 16.4. The van der Waals surface area contributed by atoms with Crippen molar-refractivity contribution in [3.05, 3.63) is 71.0 Å². The third-order valence-corrected chi connectivity index (χ3v) is 4.44. The summed E-state index contributed by atoms with van der Waals surface area (Å²) < 4.78 is 13.8. The molecule has 27 heavy (non-hydrogen) atoms. The number of carbonyl (C=O) groups is 2. The second kappa shape index (κ2) is 8.80. The lowest BCUT2D eigenvalue weighted by molar-refractivity contribution is -0.129. The number of rotatable bonds is 6. The summed E-state index contributed by atoms with van der Waals surface area (Å²) in [6, 6.07) is 13.9. The molecule has 0 aliphatic rings. The molecule has 0 unspecified atom stereocenters.